The fourth-order valence-corrected chi connectivity index (χ4v) is 6.85. The molecule has 0 aliphatic carbocycles. The Morgan fingerprint density at radius 3 is 2.43 bits per heavy atom. The topological polar surface area (TPSA) is 149 Å². The number of hydrogen-bond acceptors (Lipinski definition) is 9. The van der Waals surface area contributed by atoms with Crippen LogP contribution in [0.4, 0.5) is 10.7 Å². The number of carbonyl (C=O) groups excluding carboxylic acids is 1. The average molecular weight is 691 g/mol. The first-order valence-electron chi connectivity index (χ1n) is 16.6. The van der Waals surface area contributed by atoms with Gasteiger partial charge in [-0.2, -0.15) is 10.1 Å². The molecule has 3 heterocycles. The van der Waals surface area contributed by atoms with Crippen LogP contribution in [0.5, 0.6) is 11.6 Å². The number of amides is 1. The van der Waals surface area contributed by atoms with Crippen LogP contribution in [-0.4, -0.2) is 69.1 Å². The van der Waals surface area contributed by atoms with Crippen LogP contribution in [-0.2, 0) is 34.6 Å². The Morgan fingerprint density at radius 2 is 1.82 bits per heavy atom. The number of piperidine rings is 1. The van der Waals surface area contributed by atoms with E-state index in [2.05, 4.69) is 34.7 Å². The van der Waals surface area contributed by atoms with Crippen molar-refractivity contribution < 1.29 is 27.8 Å². The van der Waals surface area contributed by atoms with E-state index in [0.29, 0.717) is 36.7 Å². The first kappa shape index (κ1) is 35.8. The third-order valence-corrected chi connectivity index (χ3v) is 9.48. The number of aliphatic hydroxyl groups is 1. The van der Waals surface area contributed by atoms with Crippen LogP contribution in [0, 0.1) is 5.92 Å². The highest BCUT2D eigenvalue weighted by atomic mass is 32.2. The minimum Gasteiger partial charge on any atom is -0.444 e. The van der Waals surface area contributed by atoms with Gasteiger partial charge in [0.05, 0.1) is 24.5 Å². The molecule has 0 spiro atoms. The summed E-state index contributed by atoms with van der Waals surface area (Å²) < 4.78 is 42.4. The maximum Gasteiger partial charge on any atom is 0.410 e. The van der Waals surface area contributed by atoms with E-state index in [1.165, 1.54) is 17.1 Å². The number of hydrogen-bond donors (Lipinski definition) is 2. The first-order valence-corrected chi connectivity index (χ1v) is 18.1. The standard InChI is InChI=1S/C36H46N6O6S/c1-8-28-32(30-12-10-9-11-25(30)19-23(2)3)38-34(40-49(45,46)27-20-37-41(7)21-27)39-33(28)47-26-15-13-24(14-16-26)29-17-18-42(22-31(29)43)35(44)48-36(4,5)6/h9-16,20-21,23,29,31,43H,8,17-19,22H2,1-7H3,(H,38,39,40). The fraction of sp³-hybridized carbons (Fsp3) is 0.444. The number of rotatable bonds is 10. The molecule has 2 N–H and O–H groups in total. The molecule has 1 fully saturated rings. The van der Waals surface area contributed by atoms with Gasteiger partial charge in [0.15, 0.2) is 0 Å². The minimum atomic E-state index is -4.04. The third kappa shape index (κ3) is 8.76. The second kappa shape index (κ2) is 14.6. The van der Waals surface area contributed by atoms with E-state index in [4.69, 9.17) is 14.5 Å². The molecule has 1 amide bonds. The lowest BCUT2D eigenvalue weighted by Crippen LogP contribution is -2.47. The molecular weight excluding hydrogens is 644 g/mol. The van der Waals surface area contributed by atoms with Crippen LogP contribution in [0.1, 0.15) is 70.6 Å². The number of benzene rings is 2. The maximum atomic E-state index is 13.3. The Balaban J connectivity index is 1.45. The zero-order valence-electron chi connectivity index (χ0n) is 29.2. The number of aromatic nitrogens is 4. The van der Waals surface area contributed by atoms with Gasteiger partial charge >= 0.3 is 6.09 Å². The summed E-state index contributed by atoms with van der Waals surface area (Å²) in [6, 6.07) is 15.3. The van der Waals surface area contributed by atoms with Crippen molar-refractivity contribution in [3.05, 3.63) is 77.6 Å². The Bertz CT molecular complexity index is 1880. The highest BCUT2D eigenvalue weighted by Gasteiger charge is 2.33. The van der Waals surface area contributed by atoms with Crippen molar-refractivity contribution >= 4 is 22.1 Å². The fourth-order valence-electron chi connectivity index (χ4n) is 5.93. The largest absolute Gasteiger partial charge is 0.444 e. The molecule has 13 heteroatoms. The summed E-state index contributed by atoms with van der Waals surface area (Å²) in [5.74, 6) is 0.806. The lowest BCUT2D eigenvalue weighted by molar-refractivity contribution is -0.00152. The Labute approximate surface area is 288 Å². The highest BCUT2D eigenvalue weighted by molar-refractivity contribution is 7.92. The number of sulfonamides is 1. The van der Waals surface area contributed by atoms with Gasteiger partial charge in [-0.05, 0) is 69.2 Å². The van der Waals surface area contributed by atoms with Crippen molar-refractivity contribution in [3.8, 4) is 22.9 Å². The van der Waals surface area contributed by atoms with E-state index in [1.54, 1.807) is 24.1 Å². The number of nitrogens with zero attached hydrogens (tertiary/aromatic N) is 5. The molecular formula is C36H46N6O6S. The third-order valence-electron chi connectivity index (χ3n) is 8.20. The van der Waals surface area contributed by atoms with E-state index in [0.717, 1.165) is 28.7 Å². The van der Waals surface area contributed by atoms with Crippen LogP contribution in [0.15, 0.2) is 65.8 Å². The number of ether oxygens (including phenoxy) is 2. The van der Waals surface area contributed by atoms with E-state index in [1.807, 2.05) is 58.0 Å². The summed E-state index contributed by atoms with van der Waals surface area (Å²) >= 11 is 0. The van der Waals surface area contributed by atoms with Gasteiger partial charge < -0.3 is 19.5 Å². The molecule has 2 aromatic heterocycles. The average Bonchev–Trinajstić information content (AvgIpc) is 3.48. The first-order chi connectivity index (χ1) is 23.1. The number of aliphatic hydroxyl groups excluding tert-OH is 1. The van der Waals surface area contributed by atoms with Crippen LogP contribution >= 0.6 is 0 Å². The molecule has 1 saturated heterocycles. The van der Waals surface area contributed by atoms with Gasteiger partial charge in [-0.25, -0.2) is 22.9 Å². The minimum absolute atomic E-state index is 0.0166. The van der Waals surface area contributed by atoms with Crippen LogP contribution in [0.3, 0.4) is 0 Å². The normalized spacial score (nSPS) is 16.9. The van der Waals surface area contributed by atoms with Gasteiger partial charge in [0.25, 0.3) is 10.0 Å². The Morgan fingerprint density at radius 1 is 1.10 bits per heavy atom. The summed E-state index contributed by atoms with van der Waals surface area (Å²) in [6.45, 7) is 12.4. The second-order valence-electron chi connectivity index (χ2n) is 13.8. The van der Waals surface area contributed by atoms with E-state index >= 15 is 0 Å². The molecule has 5 rings (SSSR count). The quantitative estimate of drug-likeness (QED) is 0.195. The van der Waals surface area contributed by atoms with Crippen LogP contribution in [0.2, 0.25) is 0 Å². The SMILES string of the molecule is CCc1c(Oc2ccc(C3CCN(C(=O)OC(C)(C)C)CC3O)cc2)nc(NS(=O)(=O)c2cnn(C)c2)nc1-c1ccccc1CC(C)C. The molecule has 2 unspecified atom stereocenters. The number of nitrogens with one attached hydrogen (secondary N) is 1. The highest BCUT2D eigenvalue weighted by Crippen LogP contribution is 2.36. The number of β-amino-alcohol motifs (C(OH)–C–C–N with tert-alkyl or cyclic N) is 1. The number of aryl methyl sites for hydroxylation is 1. The summed E-state index contributed by atoms with van der Waals surface area (Å²) in [5.41, 5.74) is 3.58. The molecule has 1 aliphatic heterocycles. The number of likely N-dealkylation sites (tertiary alicyclic amines) is 1. The van der Waals surface area contributed by atoms with E-state index in [-0.39, 0.29) is 29.2 Å². The molecule has 2 aromatic carbocycles. The molecule has 49 heavy (non-hydrogen) atoms. The summed E-state index contributed by atoms with van der Waals surface area (Å²) in [5, 5.41) is 15.0. The van der Waals surface area contributed by atoms with Crippen molar-refractivity contribution in [1.29, 1.82) is 0 Å². The van der Waals surface area contributed by atoms with Gasteiger partial charge in [-0.1, -0.05) is 57.2 Å². The molecule has 0 bridgehead atoms. The molecule has 2 atom stereocenters. The van der Waals surface area contributed by atoms with Crippen molar-refractivity contribution in [3.63, 3.8) is 0 Å². The van der Waals surface area contributed by atoms with Gasteiger partial charge in [0.2, 0.25) is 11.8 Å². The zero-order valence-corrected chi connectivity index (χ0v) is 30.0. The number of anilines is 1. The van der Waals surface area contributed by atoms with Gasteiger partial charge in [-0.3, -0.25) is 4.68 Å². The second-order valence-corrected chi connectivity index (χ2v) is 15.5. The lowest BCUT2D eigenvalue weighted by Gasteiger charge is -2.36. The van der Waals surface area contributed by atoms with E-state index < -0.39 is 27.8 Å². The Kier molecular flexibility index (Phi) is 10.6. The smallest absolute Gasteiger partial charge is 0.410 e. The van der Waals surface area contributed by atoms with Crippen molar-refractivity contribution in [1.82, 2.24) is 24.6 Å². The zero-order chi connectivity index (χ0) is 35.5. The van der Waals surface area contributed by atoms with Crippen molar-refractivity contribution in [2.45, 2.75) is 83.3 Å². The van der Waals surface area contributed by atoms with Gasteiger partial charge in [0, 0.05) is 36.8 Å². The molecule has 4 aromatic rings. The summed E-state index contributed by atoms with van der Waals surface area (Å²) in [4.78, 5) is 23.4. The monoisotopic (exact) mass is 690 g/mol. The molecule has 0 radical (unpaired) electrons. The molecule has 1 aliphatic rings. The Hall–Kier alpha value is -4.49. The van der Waals surface area contributed by atoms with Crippen molar-refractivity contribution in [2.24, 2.45) is 13.0 Å². The predicted molar refractivity (Wildman–Crippen MR) is 187 cm³/mol. The maximum absolute atomic E-state index is 13.3. The summed E-state index contributed by atoms with van der Waals surface area (Å²) in [6.07, 6.45) is 3.38. The van der Waals surface area contributed by atoms with Gasteiger partial charge in [0.1, 0.15) is 16.2 Å². The summed E-state index contributed by atoms with van der Waals surface area (Å²) in [7, 11) is -2.40. The predicted octanol–water partition coefficient (Wildman–Crippen LogP) is 6.32. The molecule has 262 valence electrons. The van der Waals surface area contributed by atoms with E-state index in [9.17, 15) is 18.3 Å². The molecule has 12 nitrogen and oxygen atoms in total. The van der Waals surface area contributed by atoms with Crippen LogP contribution in [0.25, 0.3) is 11.3 Å². The van der Waals surface area contributed by atoms with Crippen molar-refractivity contribution in [2.75, 3.05) is 17.8 Å². The number of carbonyl (C=O) groups is 1. The molecule has 0 saturated carbocycles. The van der Waals surface area contributed by atoms with Gasteiger partial charge in [-0.15, -0.1) is 0 Å². The van der Waals surface area contributed by atoms with Crippen LogP contribution < -0.4 is 9.46 Å². The lowest BCUT2D eigenvalue weighted by atomic mass is 9.87.